The number of halogens is 1. The van der Waals surface area contributed by atoms with Crippen LogP contribution in [0.25, 0.3) is 10.9 Å². The summed E-state index contributed by atoms with van der Waals surface area (Å²) in [7, 11) is 0. The molecule has 0 bridgehead atoms. The number of hydrogen-bond acceptors (Lipinski definition) is 1. The Morgan fingerprint density at radius 2 is 2.27 bits per heavy atom. The number of nitrogens with one attached hydrogen (secondary N) is 1. The zero-order valence-corrected chi connectivity index (χ0v) is 10.0. The Labute approximate surface area is 113 Å². The Morgan fingerprint density at radius 1 is 1.45 bits per heavy atom. The van der Waals surface area contributed by atoms with Crippen molar-refractivity contribution in [3.63, 3.8) is 0 Å². The Bertz CT molecular complexity index is 363. The van der Waals surface area contributed by atoms with Crippen LogP contribution >= 0.6 is 11.6 Å². The molecular weight excluding hydrogens is 187 g/mol. The summed E-state index contributed by atoms with van der Waals surface area (Å²) in [4.78, 5) is 6.91. The smallest absolute Gasteiger partial charge is 1.00 e. The van der Waals surface area contributed by atoms with E-state index in [0.717, 1.165) is 10.9 Å². The van der Waals surface area contributed by atoms with E-state index in [4.69, 9.17) is 11.6 Å². The summed E-state index contributed by atoms with van der Waals surface area (Å²) in [6.45, 7) is 0. The van der Waals surface area contributed by atoms with Gasteiger partial charge in [-0.05, 0) is 12.1 Å². The van der Waals surface area contributed by atoms with Gasteiger partial charge in [0.15, 0.2) is 5.15 Å². The normalized spacial score (nSPS) is 9.55. The number of hydrogen-bond donors (Lipinski definition) is 1. The Morgan fingerprint density at radius 3 is 3.00 bits per heavy atom. The molecule has 11 heavy (non-hydrogen) atoms. The fourth-order valence-electron chi connectivity index (χ4n) is 0.947. The third-order valence-corrected chi connectivity index (χ3v) is 1.71. The van der Waals surface area contributed by atoms with Crippen molar-refractivity contribution in [1.82, 2.24) is 9.97 Å². The number of aromatic nitrogens is 2. The van der Waals surface area contributed by atoms with E-state index in [0.29, 0.717) is 5.15 Å². The van der Waals surface area contributed by atoms with Crippen LogP contribution in [0.15, 0.2) is 24.5 Å². The molecule has 0 aliphatic carbocycles. The van der Waals surface area contributed by atoms with Crippen LogP contribution in [0.1, 0.15) is 1.43 Å². The molecule has 1 N–H and O–H groups in total. The minimum atomic E-state index is 0. The van der Waals surface area contributed by atoms with Crippen molar-refractivity contribution in [1.29, 1.82) is 0 Å². The minimum Gasteiger partial charge on any atom is -1.00 e. The molecule has 0 atom stereocenters. The second kappa shape index (κ2) is 4.03. The number of nitrogens with zero attached hydrogens (tertiary/aromatic N) is 1. The quantitative estimate of drug-likeness (QED) is 0.436. The zero-order chi connectivity index (χ0) is 6.97. The first-order chi connectivity index (χ1) is 4.88. The van der Waals surface area contributed by atoms with Crippen molar-refractivity contribution < 1.29 is 52.8 Å². The molecule has 0 saturated carbocycles. The Kier molecular flexibility index (Phi) is 3.55. The fraction of sp³-hybridized carbons (Fsp3) is 0. The molecule has 52 valence electrons. The number of H-pyrrole nitrogens is 1. The summed E-state index contributed by atoms with van der Waals surface area (Å²) in [5, 5.41) is 1.63. The summed E-state index contributed by atoms with van der Waals surface area (Å²) in [6.07, 6.45) is 3.54. The van der Waals surface area contributed by atoms with Gasteiger partial charge in [0.25, 0.3) is 0 Å². The molecule has 0 unspecified atom stereocenters. The van der Waals surface area contributed by atoms with Crippen LogP contribution in [0.3, 0.4) is 0 Å². The number of fused-ring (bicyclic) bond motifs is 1. The predicted octanol–water partition coefficient (Wildman–Crippen LogP) is -0.667. The standard InChI is InChI=1S/C7H5ClN2.K.H/c8-7-6-5(1-3-9-6)2-4-10-7;;/h1-4,9H;;/q;+1;-1. The molecule has 0 saturated heterocycles. The molecule has 0 aliphatic rings. The van der Waals surface area contributed by atoms with Crippen LogP contribution in [-0.4, -0.2) is 9.97 Å². The Balaban J connectivity index is 0.000000605. The second-order valence-electron chi connectivity index (χ2n) is 2.04. The molecule has 0 fully saturated rings. The van der Waals surface area contributed by atoms with E-state index in [2.05, 4.69) is 9.97 Å². The Hall–Kier alpha value is 0.616. The molecule has 2 nitrogen and oxygen atoms in total. The fourth-order valence-corrected chi connectivity index (χ4v) is 1.17. The third-order valence-electron chi connectivity index (χ3n) is 1.43. The molecule has 2 rings (SSSR count). The number of pyridine rings is 1. The van der Waals surface area contributed by atoms with E-state index in [-0.39, 0.29) is 52.8 Å². The van der Waals surface area contributed by atoms with Gasteiger partial charge in [-0.1, -0.05) is 11.6 Å². The van der Waals surface area contributed by atoms with Crippen molar-refractivity contribution in [3.05, 3.63) is 29.7 Å². The summed E-state index contributed by atoms with van der Waals surface area (Å²) < 4.78 is 0. The van der Waals surface area contributed by atoms with Crippen LogP contribution in [0.4, 0.5) is 0 Å². The summed E-state index contributed by atoms with van der Waals surface area (Å²) in [5.41, 5.74) is 0.907. The van der Waals surface area contributed by atoms with Gasteiger partial charge in [0.05, 0.1) is 5.52 Å². The summed E-state index contributed by atoms with van der Waals surface area (Å²) in [6, 6.07) is 3.88. The predicted molar refractivity (Wildman–Crippen MR) is 42.2 cm³/mol. The largest absolute Gasteiger partial charge is 1.00 e. The van der Waals surface area contributed by atoms with E-state index in [9.17, 15) is 0 Å². The van der Waals surface area contributed by atoms with Gasteiger partial charge in [0, 0.05) is 17.8 Å². The molecule has 2 aromatic rings. The van der Waals surface area contributed by atoms with E-state index in [1.807, 2.05) is 18.3 Å². The van der Waals surface area contributed by atoms with Crippen molar-refractivity contribution in [2.45, 2.75) is 0 Å². The molecule has 0 amide bonds. The second-order valence-corrected chi connectivity index (χ2v) is 2.40. The number of rotatable bonds is 0. The monoisotopic (exact) mass is 192 g/mol. The van der Waals surface area contributed by atoms with Gasteiger partial charge < -0.3 is 6.41 Å². The topological polar surface area (TPSA) is 28.7 Å². The molecule has 0 spiro atoms. The van der Waals surface area contributed by atoms with Crippen LogP contribution in [0.5, 0.6) is 0 Å². The van der Waals surface area contributed by atoms with Crippen LogP contribution < -0.4 is 51.4 Å². The molecule has 2 heterocycles. The minimum absolute atomic E-state index is 0. The molecule has 2 aromatic heterocycles. The van der Waals surface area contributed by atoms with Gasteiger partial charge in [0.2, 0.25) is 0 Å². The van der Waals surface area contributed by atoms with E-state index in [1.165, 1.54) is 0 Å². The maximum atomic E-state index is 5.76. The van der Waals surface area contributed by atoms with Crippen molar-refractivity contribution in [3.8, 4) is 0 Å². The van der Waals surface area contributed by atoms with Crippen LogP contribution in [0.2, 0.25) is 5.15 Å². The van der Waals surface area contributed by atoms with Gasteiger partial charge >= 0.3 is 51.4 Å². The summed E-state index contributed by atoms with van der Waals surface area (Å²) >= 11 is 5.76. The summed E-state index contributed by atoms with van der Waals surface area (Å²) in [5.74, 6) is 0. The van der Waals surface area contributed by atoms with Crippen molar-refractivity contribution in [2.24, 2.45) is 0 Å². The van der Waals surface area contributed by atoms with E-state index in [1.54, 1.807) is 6.20 Å². The first-order valence-electron chi connectivity index (χ1n) is 2.95. The van der Waals surface area contributed by atoms with Gasteiger partial charge in [-0.25, -0.2) is 4.98 Å². The van der Waals surface area contributed by atoms with Crippen LogP contribution in [-0.2, 0) is 0 Å². The average Bonchev–Trinajstić information content (AvgIpc) is 2.36. The SMILES string of the molecule is Clc1nccc2cc[nH]c12.[H-].[K+]. The molecular formula is C7H6ClKN2. The van der Waals surface area contributed by atoms with Gasteiger partial charge in [-0.15, -0.1) is 0 Å². The third kappa shape index (κ3) is 1.85. The van der Waals surface area contributed by atoms with Gasteiger partial charge in [-0.2, -0.15) is 0 Å². The number of aromatic amines is 1. The first-order valence-corrected chi connectivity index (χ1v) is 3.33. The molecule has 4 heteroatoms. The van der Waals surface area contributed by atoms with Crippen LogP contribution in [0, 0.1) is 0 Å². The first kappa shape index (κ1) is 9.70. The average molecular weight is 193 g/mol. The zero-order valence-electron chi connectivity index (χ0n) is 7.13. The maximum absolute atomic E-state index is 5.76. The van der Waals surface area contributed by atoms with E-state index < -0.39 is 0 Å². The van der Waals surface area contributed by atoms with E-state index >= 15 is 0 Å². The maximum Gasteiger partial charge on any atom is 1.00 e. The van der Waals surface area contributed by atoms with Gasteiger partial charge in [0.1, 0.15) is 0 Å². The molecule has 0 aliphatic heterocycles. The molecule has 0 aromatic carbocycles. The van der Waals surface area contributed by atoms with Crippen molar-refractivity contribution in [2.75, 3.05) is 0 Å². The van der Waals surface area contributed by atoms with Gasteiger partial charge in [-0.3, -0.25) is 0 Å². The van der Waals surface area contributed by atoms with Crippen molar-refractivity contribution >= 4 is 22.5 Å². The molecule has 0 radical (unpaired) electrons.